The largest absolute Gasteiger partial charge is 0.652 e. The Morgan fingerprint density at radius 1 is 0.625 bits per heavy atom. The van der Waals surface area contributed by atoms with Gasteiger partial charge < -0.3 is 33.4 Å². The molecule has 0 aromatic carbocycles. The average molecular weight is 465 g/mol. The minimum Gasteiger partial charge on any atom is -0.652 e. The maximum Gasteiger partial charge on any atom is 0.0883 e. The molecular formula is C25H56N2O5. The minimum absolute atomic E-state index is 0.724. The van der Waals surface area contributed by atoms with E-state index in [0.29, 0.717) is 0 Å². The van der Waals surface area contributed by atoms with Crippen LogP contribution in [0.25, 0.3) is 0 Å². The molecule has 0 aromatic heterocycles. The number of hydrogen-bond acceptors (Lipinski definition) is 5. The fourth-order valence-electron chi connectivity index (χ4n) is 4.56. The summed E-state index contributed by atoms with van der Waals surface area (Å²) in [4.78, 5) is 8.33. The van der Waals surface area contributed by atoms with Gasteiger partial charge in [-0.25, -0.2) is 0 Å². The van der Waals surface area contributed by atoms with E-state index in [9.17, 15) is 0 Å². The zero-order valence-electron chi connectivity index (χ0n) is 23.1. The molecule has 0 aliphatic rings. The quantitative estimate of drug-likeness (QED) is 0.259. The van der Waals surface area contributed by atoms with Crippen molar-refractivity contribution >= 4 is 6.16 Å². The normalized spacial score (nSPS) is 13.3. The molecule has 0 saturated heterocycles. The Bertz CT molecular complexity index is 361. The number of nitrogens with zero attached hydrogens (tertiary/aromatic N) is 2. The molecule has 0 saturated carbocycles. The van der Waals surface area contributed by atoms with Crippen molar-refractivity contribution in [1.82, 2.24) is 0 Å². The molecule has 0 heterocycles. The first-order chi connectivity index (χ1) is 15.1. The molecule has 0 fully saturated rings. The highest BCUT2D eigenvalue weighted by Crippen LogP contribution is 2.16. The van der Waals surface area contributed by atoms with E-state index in [1.807, 2.05) is 0 Å². The van der Waals surface area contributed by atoms with Gasteiger partial charge in [-0.1, -0.05) is 0 Å². The van der Waals surface area contributed by atoms with Crippen molar-refractivity contribution in [1.29, 1.82) is 0 Å². The van der Waals surface area contributed by atoms with Crippen LogP contribution in [0.5, 0.6) is 0 Å². The number of carbonyl (C=O) groups excluding carboxylic acids is 1. The molecular weight excluding hydrogens is 408 g/mol. The number of rotatable bonds is 16. The Morgan fingerprint density at radius 3 is 1.00 bits per heavy atom. The second-order valence-electron chi connectivity index (χ2n) is 8.25. The standard InChI is InChI=1S/2C12H28NO.CH2O3/c2*1-6-13(7-2,8-3)12(5)10-11-14-9-4;2-1(3)4/h2*12H,6-11H2,1-5H3;(H2,2,3,4)/q2*+1;/p-2. The van der Waals surface area contributed by atoms with Crippen molar-refractivity contribution in [3.8, 4) is 0 Å². The Morgan fingerprint density at radius 2 is 0.844 bits per heavy atom. The molecule has 2 unspecified atom stereocenters. The van der Waals surface area contributed by atoms with E-state index in [1.165, 1.54) is 61.1 Å². The smallest absolute Gasteiger partial charge is 0.0883 e. The van der Waals surface area contributed by atoms with Crippen molar-refractivity contribution in [3.05, 3.63) is 0 Å². The fraction of sp³-hybridized carbons (Fsp3) is 0.960. The van der Waals surface area contributed by atoms with E-state index in [4.69, 9.17) is 24.5 Å². The van der Waals surface area contributed by atoms with Crippen LogP contribution in [0.15, 0.2) is 0 Å². The van der Waals surface area contributed by atoms with Gasteiger partial charge in [0.2, 0.25) is 0 Å². The van der Waals surface area contributed by atoms with Crippen LogP contribution in [0.3, 0.4) is 0 Å². The van der Waals surface area contributed by atoms with Crippen LogP contribution in [0.2, 0.25) is 0 Å². The lowest BCUT2D eigenvalue weighted by Crippen LogP contribution is -2.54. The van der Waals surface area contributed by atoms with Gasteiger partial charge in [0.15, 0.2) is 0 Å². The van der Waals surface area contributed by atoms with Crippen LogP contribution in [-0.2, 0) is 9.47 Å². The molecule has 0 radical (unpaired) electrons. The highest BCUT2D eigenvalue weighted by molar-refractivity contribution is 5.47. The minimum atomic E-state index is -2.33. The summed E-state index contributed by atoms with van der Waals surface area (Å²) in [5.41, 5.74) is 0. The molecule has 0 aliphatic heterocycles. The predicted molar refractivity (Wildman–Crippen MR) is 130 cm³/mol. The van der Waals surface area contributed by atoms with E-state index >= 15 is 0 Å². The fourth-order valence-corrected chi connectivity index (χ4v) is 4.56. The Labute approximate surface area is 199 Å². The molecule has 32 heavy (non-hydrogen) atoms. The third kappa shape index (κ3) is 15.0. The number of quaternary nitrogens is 2. The third-order valence-corrected chi connectivity index (χ3v) is 7.42. The van der Waals surface area contributed by atoms with Gasteiger partial charge in [-0.2, -0.15) is 0 Å². The molecule has 0 spiro atoms. The molecule has 7 nitrogen and oxygen atoms in total. The summed E-state index contributed by atoms with van der Waals surface area (Å²) in [6.07, 6.45) is 0.0344. The van der Waals surface area contributed by atoms with Gasteiger partial charge in [0, 0.05) is 26.1 Å². The summed E-state index contributed by atoms with van der Waals surface area (Å²) in [6, 6.07) is 1.45. The van der Waals surface area contributed by atoms with Gasteiger partial charge in [0.25, 0.3) is 0 Å². The van der Waals surface area contributed by atoms with E-state index < -0.39 is 6.16 Å². The lowest BCUT2D eigenvalue weighted by molar-refractivity contribution is -0.945. The lowest BCUT2D eigenvalue weighted by atomic mass is 10.1. The van der Waals surface area contributed by atoms with E-state index in [1.54, 1.807) is 0 Å². The van der Waals surface area contributed by atoms with Gasteiger partial charge >= 0.3 is 0 Å². The van der Waals surface area contributed by atoms with E-state index in [2.05, 4.69) is 69.2 Å². The van der Waals surface area contributed by atoms with Gasteiger partial charge in [0.1, 0.15) is 0 Å². The summed E-state index contributed by atoms with van der Waals surface area (Å²) in [5, 5.41) is 16.7. The zero-order valence-corrected chi connectivity index (χ0v) is 23.1. The average Bonchev–Trinajstić information content (AvgIpc) is 2.77. The maximum absolute atomic E-state index is 8.33. The number of ether oxygens (including phenoxy) is 2. The number of hydrogen-bond donors (Lipinski definition) is 0. The summed E-state index contributed by atoms with van der Waals surface area (Å²) in [6.45, 7) is 33.5. The summed E-state index contributed by atoms with van der Waals surface area (Å²) < 4.78 is 13.3. The van der Waals surface area contributed by atoms with Gasteiger partial charge in [-0.15, -0.1) is 0 Å². The van der Waals surface area contributed by atoms with Crippen molar-refractivity contribution < 1.29 is 33.4 Å². The van der Waals surface area contributed by atoms with Gasteiger partial charge in [-0.05, 0) is 75.4 Å². The summed E-state index contributed by atoms with van der Waals surface area (Å²) in [7, 11) is 0. The summed E-state index contributed by atoms with van der Waals surface area (Å²) in [5.74, 6) is 0. The Kier molecular flexibility index (Phi) is 24.5. The van der Waals surface area contributed by atoms with E-state index in [-0.39, 0.29) is 0 Å². The Hall–Kier alpha value is -0.890. The highest BCUT2D eigenvalue weighted by atomic mass is 16.6. The molecule has 0 N–H and O–H groups in total. The molecule has 196 valence electrons. The van der Waals surface area contributed by atoms with Crippen LogP contribution in [0.1, 0.15) is 82.1 Å². The lowest BCUT2D eigenvalue weighted by Gasteiger charge is -2.41. The molecule has 2 atom stereocenters. The van der Waals surface area contributed by atoms with Crippen molar-refractivity contribution in [3.63, 3.8) is 0 Å². The third-order valence-electron chi connectivity index (χ3n) is 7.42. The number of carboxylic acid groups (broad SMARTS) is 2. The molecule has 0 amide bonds. The van der Waals surface area contributed by atoms with Crippen LogP contribution < -0.4 is 10.2 Å². The molecule has 7 heteroatoms. The topological polar surface area (TPSA) is 81.7 Å². The van der Waals surface area contributed by atoms with Crippen LogP contribution in [-0.4, -0.2) is 92.9 Å². The van der Waals surface area contributed by atoms with E-state index in [0.717, 1.165) is 38.5 Å². The monoisotopic (exact) mass is 464 g/mol. The number of carbonyl (C=O) groups is 1. The highest BCUT2D eigenvalue weighted by Gasteiger charge is 2.28. The van der Waals surface area contributed by atoms with Crippen LogP contribution in [0.4, 0.5) is 4.79 Å². The molecule has 0 aromatic rings. The first-order valence-electron chi connectivity index (χ1n) is 12.8. The molecule has 0 rings (SSSR count). The van der Waals surface area contributed by atoms with Crippen LogP contribution >= 0.6 is 0 Å². The first-order valence-corrected chi connectivity index (χ1v) is 12.8. The second-order valence-corrected chi connectivity index (χ2v) is 8.25. The maximum atomic E-state index is 8.33. The SMILES string of the molecule is CCOCCC(C)[N+](CC)(CC)CC.CCOCCC(C)[N+](CC)(CC)CC.O=C([O-])[O-]. The summed E-state index contributed by atoms with van der Waals surface area (Å²) >= 11 is 0. The van der Waals surface area contributed by atoms with Gasteiger partial charge in [0.05, 0.1) is 64.6 Å². The second kappa shape index (κ2) is 21.9. The Balaban J connectivity index is -0.000000450. The first kappa shape index (κ1) is 35.7. The van der Waals surface area contributed by atoms with Crippen LogP contribution in [0, 0.1) is 0 Å². The van der Waals surface area contributed by atoms with Crippen molar-refractivity contribution in [2.24, 2.45) is 0 Å². The predicted octanol–water partition coefficient (Wildman–Crippen LogP) is 2.91. The van der Waals surface area contributed by atoms with Crippen molar-refractivity contribution in [2.75, 3.05) is 65.7 Å². The zero-order chi connectivity index (χ0) is 25.6. The van der Waals surface area contributed by atoms with Crippen molar-refractivity contribution in [2.45, 2.75) is 94.2 Å². The molecule has 0 aliphatic carbocycles. The molecule has 0 bridgehead atoms. The van der Waals surface area contributed by atoms with Gasteiger partial charge in [-0.3, -0.25) is 0 Å².